The SMILES string of the molecule is O=C(Nc1ccc(C(=O)N2c3ccccc3CNc3ccccc32)c(Cl)c1)c1ccc(F)cc1C(F)(F)F. The number of anilines is 4. The molecule has 10 heteroatoms. The summed E-state index contributed by atoms with van der Waals surface area (Å²) >= 11 is 6.45. The van der Waals surface area contributed by atoms with Crippen LogP contribution in [0.1, 0.15) is 31.8 Å². The molecule has 5 nitrogen and oxygen atoms in total. The molecule has 0 fully saturated rings. The summed E-state index contributed by atoms with van der Waals surface area (Å²) in [6.45, 7) is 0.499. The van der Waals surface area contributed by atoms with Crippen molar-refractivity contribution in [2.45, 2.75) is 12.7 Å². The van der Waals surface area contributed by atoms with Crippen LogP contribution in [0.4, 0.5) is 40.3 Å². The predicted molar refractivity (Wildman–Crippen MR) is 137 cm³/mol. The molecule has 1 aliphatic rings. The topological polar surface area (TPSA) is 61.4 Å². The van der Waals surface area contributed by atoms with Crippen molar-refractivity contribution in [3.05, 3.63) is 118 Å². The van der Waals surface area contributed by atoms with Gasteiger partial charge in [-0.05, 0) is 60.2 Å². The third kappa shape index (κ3) is 4.80. The number of amides is 2. The van der Waals surface area contributed by atoms with Gasteiger partial charge in [-0.3, -0.25) is 14.5 Å². The fourth-order valence-corrected chi connectivity index (χ4v) is 4.53. The van der Waals surface area contributed by atoms with E-state index in [0.717, 1.165) is 23.4 Å². The minimum Gasteiger partial charge on any atom is -0.379 e. The molecule has 0 aliphatic carbocycles. The highest BCUT2D eigenvalue weighted by Gasteiger charge is 2.36. The number of rotatable bonds is 3. The molecule has 0 atom stereocenters. The Bertz CT molecular complexity index is 1520. The molecule has 0 bridgehead atoms. The molecule has 4 aromatic rings. The number of nitrogens with one attached hydrogen (secondary N) is 2. The van der Waals surface area contributed by atoms with Gasteiger partial charge in [0.05, 0.1) is 38.8 Å². The number of fused-ring (bicyclic) bond motifs is 2. The highest BCUT2D eigenvalue weighted by molar-refractivity contribution is 6.35. The van der Waals surface area contributed by atoms with Crippen LogP contribution in [0, 0.1) is 5.82 Å². The van der Waals surface area contributed by atoms with Crippen molar-refractivity contribution in [2.75, 3.05) is 15.5 Å². The molecule has 1 aliphatic heterocycles. The van der Waals surface area contributed by atoms with Crippen LogP contribution in [0.5, 0.6) is 0 Å². The van der Waals surface area contributed by atoms with Crippen molar-refractivity contribution in [3.8, 4) is 0 Å². The maximum absolute atomic E-state index is 13.8. The molecular formula is C28H18ClF4N3O2. The first-order valence-corrected chi connectivity index (χ1v) is 11.7. The average Bonchev–Trinajstić information content (AvgIpc) is 3.05. The van der Waals surface area contributed by atoms with Gasteiger partial charge in [0.25, 0.3) is 11.8 Å². The van der Waals surface area contributed by atoms with Crippen molar-refractivity contribution in [1.29, 1.82) is 0 Å². The summed E-state index contributed by atoms with van der Waals surface area (Å²) in [7, 11) is 0. The second-order valence-corrected chi connectivity index (χ2v) is 8.88. The van der Waals surface area contributed by atoms with Gasteiger partial charge in [-0.15, -0.1) is 0 Å². The Labute approximate surface area is 219 Å². The zero-order valence-corrected chi connectivity index (χ0v) is 20.2. The summed E-state index contributed by atoms with van der Waals surface area (Å²) in [5.74, 6) is -2.66. The highest BCUT2D eigenvalue weighted by atomic mass is 35.5. The summed E-state index contributed by atoms with van der Waals surface area (Å²) < 4.78 is 53.4. The number of halogens is 5. The lowest BCUT2D eigenvalue weighted by molar-refractivity contribution is -0.138. The van der Waals surface area contributed by atoms with Gasteiger partial charge in [0.2, 0.25) is 0 Å². The van der Waals surface area contributed by atoms with Crippen LogP contribution < -0.4 is 15.5 Å². The molecule has 5 rings (SSSR count). The molecule has 1 heterocycles. The normalized spacial score (nSPS) is 12.6. The van der Waals surface area contributed by atoms with E-state index in [2.05, 4.69) is 10.6 Å². The molecule has 0 unspecified atom stereocenters. The fraction of sp³-hybridized carbons (Fsp3) is 0.0714. The Hall–Kier alpha value is -4.37. The maximum Gasteiger partial charge on any atom is 0.417 e. The summed E-state index contributed by atoms with van der Waals surface area (Å²) in [5.41, 5.74) is 0.946. The summed E-state index contributed by atoms with van der Waals surface area (Å²) in [6.07, 6.45) is -4.93. The third-order valence-electron chi connectivity index (χ3n) is 6.04. The molecule has 0 radical (unpaired) electrons. The van der Waals surface area contributed by atoms with Crippen LogP contribution in [-0.2, 0) is 12.7 Å². The van der Waals surface area contributed by atoms with Gasteiger partial charge >= 0.3 is 6.18 Å². The second kappa shape index (κ2) is 9.83. The zero-order valence-electron chi connectivity index (χ0n) is 19.4. The second-order valence-electron chi connectivity index (χ2n) is 8.48. The Morgan fingerprint density at radius 3 is 2.29 bits per heavy atom. The predicted octanol–water partition coefficient (Wildman–Crippen LogP) is 7.65. The number of nitrogens with zero attached hydrogens (tertiary/aromatic N) is 1. The maximum atomic E-state index is 13.8. The summed E-state index contributed by atoms with van der Waals surface area (Å²) in [6, 6.07) is 20.5. The standard InChI is InChI=1S/C28H18ClF4N3O2/c29-22-14-18(35-26(37)19-11-9-17(30)13-21(19)28(31,32)33)10-12-20(22)27(38)36-24-7-3-1-5-16(24)15-34-23-6-2-4-8-25(23)36/h1-14,34H,15H2,(H,35,37). The quantitative estimate of drug-likeness (QED) is 0.263. The molecule has 4 aromatic carbocycles. The number of para-hydroxylation sites is 3. The molecule has 38 heavy (non-hydrogen) atoms. The number of hydrogen-bond donors (Lipinski definition) is 2. The van der Waals surface area contributed by atoms with Crippen molar-refractivity contribution in [3.63, 3.8) is 0 Å². The zero-order chi connectivity index (χ0) is 27.0. The molecule has 0 spiro atoms. The van der Waals surface area contributed by atoms with Gasteiger partial charge < -0.3 is 10.6 Å². The molecule has 2 N–H and O–H groups in total. The monoisotopic (exact) mass is 539 g/mol. The minimum atomic E-state index is -4.93. The van der Waals surface area contributed by atoms with Crippen LogP contribution in [0.3, 0.4) is 0 Å². The lowest BCUT2D eigenvalue weighted by Crippen LogP contribution is -2.27. The van der Waals surface area contributed by atoms with E-state index >= 15 is 0 Å². The van der Waals surface area contributed by atoms with Gasteiger partial charge in [0.15, 0.2) is 0 Å². The fourth-order valence-electron chi connectivity index (χ4n) is 4.27. The lowest BCUT2D eigenvalue weighted by Gasteiger charge is -2.25. The Kier molecular flexibility index (Phi) is 6.54. The smallest absolute Gasteiger partial charge is 0.379 e. The van der Waals surface area contributed by atoms with E-state index in [-0.39, 0.29) is 22.3 Å². The van der Waals surface area contributed by atoms with Crippen LogP contribution in [0.25, 0.3) is 0 Å². The van der Waals surface area contributed by atoms with E-state index in [1.165, 1.54) is 23.1 Å². The van der Waals surface area contributed by atoms with E-state index in [0.29, 0.717) is 17.9 Å². The van der Waals surface area contributed by atoms with Gasteiger partial charge in [-0.1, -0.05) is 41.9 Å². The minimum absolute atomic E-state index is 0.0184. The van der Waals surface area contributed by atoms with E-state index < -0.39 is 34.9 Å². The van der Waals surface area contributed by atoms with Crippen molar-refractivity contribution in [1.82, 2.24) is 0 Å². The Balaban J connectivity index is 1.47. The van der Waals surface area contributed by atoms with Crippen molar-refractivity contribution >= 4 is 46.2 Å². The Morgan fingerprint density at radius 2 is 1.55 bits per heavy atom. The Morgan fingerprint density at radius 1 is 0.868 bits per heavy atom. The summed E-state index contributed by atoms with van der Waals surface area (Å²) in [5, 5.41) is 5.64. The van der Waals surface area contributed by atoms with Crippen LogP contribution >= 0.6 is 11.6 Å². The number of hydrogen-bond acceptors (Lipinski definition) is 3. The molecule has 192 valence electrons. The first kappa shape index (κ1) is 25.3. The molecule has 0 saturated heterocycles. The van der Waals surface area contributed by atoms with Crippen LogP contribution in [0.15, 0.2) is 84.9 Å². The van der Waals surface area contributed by atoms with Gasteiger partial charge in [-0.2, -0.15) is 13.2 Å². The van der Waals surface area contributed by atoms with E-state index in [9.17, 15) is 27.2 Å². The number of carbonyl (C=O) groups is 2. The van der Waals surface area contributed by atoms with Crippen LogP contribution in [-0.4, -0.2) is 11.8 Å². The number of benzene rings is 4. The first-order chi connectivity index (χ1) is 18.1. The largest absolute Gasteiger partial charge is 0.417 e. The molecule has 0 aromatic heterocycles. The van der Waals surface area contributed by atoms with E-state index in [1.54, 1.807) is 12.1 Å². The number of carbonyl (C=O) groups excluding carboxylic acids is 2. The lowest BCUT2D eigenvalue weighted by atomic mass is 10.1. The van der Waals surface area contributed by atoms with E-state index in [1.807, 2.05) is 36.4 Å². The molecular weight excluding hydrogens is 522 g/mol. The van der Waals surface area contributed by atoms with Crippen LogP contribution in [0.2, 0.25) is 5.02 Å². The first-order valence-electron chi connectivity index (χ1n) is 11.4. The molecule has 0 saturated carbocycles. The average molecular weight is 540 g/mol. The van der Waals surface area contributed by atoms with Crippen molar-refractivity contribution in [2.24, 2.45) is 0 Å². The van der Waals surface area contributed by atoms with Gasteiger partial charge in [-0.25, -0.2) is 4.39 Å². The molecule has 2 amide bonds. The van der Waals surface area contributed by atoms with E-state index in [4.69, 9.17) is 11.6 Å². The number of alkyl halides is 3. The highest BCUT2D eigenvalue weighted by Crippen LogP contribution is 2.40. The summed E-state index contributed by atoms with van der Waals surface area (Å²) in [4.78, 5) is 28.0. The van der Waals surface area contributed by atoms with Crippen molar-refractivity contribution < 1.29 is 27.2 Å². The van der Waals surface area contributed by atoms with Gasteiger partial charge in [0, 0.05) is 12.2 Å². The van der Waals surface area contributed by atoms with Gasteiger partial charge in [0.1, 0.15) is 5.82 Å². The third-order valence-corrected chi connectivity index (χ3v) is 6.35.